The van der Waals surface area contributed by atoms with Crippen molar-refractivity contribution < 1.29 is 9.59 Å². The van der Waals surface area contributed by atoms with Crippen molar-refractivity contribution in [3.05, 3.63) is 69.2 Å². The molecule has 4 nitrogen and oxygen atoms in total. The van der Waals surface area contributed by atoms with E-state index in [0.717, 1.165) is 11.1 Å². The molecule has 0 heterocycles. The highest BCUT2D eigenvalue weighted by atomic mass is 35.5. The molecule has 2 aromatic carbocycles. The van der Waals surface area contributed by atoms with Gasteiger partial charge in [0.15, 0.2) is 0 Å². The van der Waals surface area contributed by atoms with E-state index in [9.17, 15) is 9.59 Å². The summed E-state index contributed by atoms with van der Waals surface area (Å²) in [6, 6.07) is 12.4. The van der Waals surface area contributed by atoms with Gasteiger partial charge in [-0.25, -0.2) is 0 Å². The van der Waals surface area contributed by atoms with Crippen molar-refractivity contribution >= 4 is 35.0 Å². The van der Waals surface area contributed by atoms with Gasteiger partial charge in [0.1, 0.15) is 6.04 Å². The second kappa shape index (κ2) is 10.3. The molecule has 162 valence electrons. The summed E-state index contributed by atoms with van der Waals surface area (Å²) >= 11 is 12.7. The third-order valence-electron chi connectivity index (χ3n) is 4.88. The Morgan fingerprint density at radius 2 is 1.63 bits per heavy atom. The van der Waals surface area contributed by atoms with E-state index in [1.54, 1.807) is 23.1 Å². The molecular formula is C24H30Cl2N2O2. The van der Waals surface area contributed by atoms with Gasteiger partial charge in [-0.15, -0.1) is 0 Å². The first kappa shape index (κ1) is 24.2. The molecule has 0 saturated heterocycles. The van der Waals surface area contributed by atoms with E-state index >= 15 is 0 Å². The topological polar surface area (TPSA) is 49.4 Å². The van der Waals surface area contributed by atoms with Crippen LogP contribution in [-0.4, -0.2) is 28.3 Å². The SMILES string of the molecule is CCC(C(=O)NC(C)(C)C)N(Cc1c(Cl)cccc1Cl)C(=O)Cc1ccccc1C. The summed E-state index contributed by atoms with van der Waals surface area (Å²) in [6.07, 6.45) is 0.678. The number of benzene rings is 2. The van der Waals surface area contributed by atoms with Crippen molar-refractivity contribution in [3.63, 3.8) is 0 Å². The Hall–Kier alpha value is -2.04. The van der Waals surface area contributed by atoms with Crippen LogP contribution >= 0.6 is 23.2 Å². The lowest BCUT2D eigenvalue weighted by Crippen LogP contribution is -2.53. The second-order valence-corrected chi connectivity index (χ2v) is 9.30. The first-order valence-electron chi connectivity index (χ1n) is 10.1. The van der Waals surface area contributed by atoms with Crippen molar-refractivity contribution in [1.82, 2.24) is 10.2 Å². The van der Waals surface area contributed by atoms with E-state index in [1.165, 1.54) is 0 Å². The Morgan fingerprint density at radius 1 is 1.03 bits per heavy atom. The van der Waals surface area contributed by atoms with Gasteiger partial charge in [-0.3, -0.25) is 9.59 Å². The highest BCUT2D eigenvalue weighted by Gasteiger charge is 2.31. The average Bonchev–Trinajstić information content (AvgIpc) is 2.64. The third-order valence-corrected chi connectivity index (χ3v) is 5.59. The number of halogens is 2. The zero-order valence-corrected chi connectivity index (χ0v) is 19.8. The summed E-state index contributed by atoms with van der Waals surface area (Å²) in [6.45, 7) is 9.79. The highest BCUT2D eigenvalue weighted by Crippen LogP contribution is 2.27. The van der Waals surface area contributed by atoms with Crippen LogP contribution in [0.3, 0.4) is 0 Å². The van der Waals surface area contributed by atoms with E-state index in [4.69, 9.17) is 23.2 Å². The summed E-state index contributed by atoms with van der Waals surface area (Å²) in [4.78, 5) is 28.1. The molecule has 30 heavy (non-hydrogen) atoms. The fourth-order valence-electron chi connectivity index (χ4n) is 3.30. The van der Waals surface area contributed by atoms with Crippen LogP contribution in [0, 0.1) is 6.92 Å². The lowest BCUT2D eigenvalue weighted by Gasteiger charge is -2.33. The summed E-state index contributed by atoms with van der Waals surface area (Å²) in [7, 11) is 0. The first-order chi connectivity index (χ1) is 14.0. The number of amides is 2. The Bertz CT molecular complexity index is 886. The number of aryl methyl sites for hydroxylation is 1. The summed E-state index contributed by atoms with van der Waals surface area (Å²) in [5.74, 6) is -0.331. The predicted molar refractivity (Wildman–Crippen MR) is 124 cm³/mol. The minimum atomic E-state index is -0.631. The molecule has 1 unspecified atom stereocenters. The predicted octanol–water partition coefficient (Wildman–Crippen LogP) is 5.57. The van der Waals surface area contributed by atoms with Crippen LogP contribution in [0.25, 0.3) is 0 Å². The highest BCUT2D eigenvalue weighted by molar-refractivity contribution is 6.36. The maximum absolute atomic E-state index is 13.4. The molecule has 0 spiro atoms. The molecule has 1 N–H and O–H groups in total. The van der Waals surface area contributed by atoms with Crippen molar-refractivity contribution in [2.45, 2.75) is 65.6 Å². The van der Waals surface area contributed by atoms with Gasteiger partial charge >= 0.3 is 0 Å². The summed E-state index contributed by atoms with van der Waals surface area (Å²) in [5.41, 5.74) is 2.20. The molecule has 0 fully saturated rings. The van der Waals surface area contributed by atoms with E-state index < -0.39 is 11.6 Å². The van der Waals surface area contributed by atoms with E-state index in [2.05, 4.69) is 5.32 Å². The fourth-order valence-corrected chi connectivity index (χ4v) is 3.82. The maximum atomic E-state index is 13.4. The van der Waals surface area contributed by atoms with Crippen LogP contribution in [0.4, 0.5) is 0 Å². The molecule has 1 atom stereocenters. The molecule has 0 aliphatic rings. The number of carbonyl (C=O) groups is 2. The minimum absolute atomic E-state index is 0.142. The van der Waals surface area contributed by atoms with Gasteiger partial charge in [-0.05, 0) is 57.4 Å². The van der Waals surface area contributed by atoms with Gasteiger partial charge in [0.05, 0.1) is 6.42 Å². The smallest absolute Gasteiger partial charge is 0.243 e. The maximum Gasteiger partial charge on any atom is 0.243 e. The molecule has 2 aromatic rings. The lowest BCUT2D eigenvalue weighted by atomic mass is 10.0. The number of rotatable bonds is 7. The number of nitrogens with zero attached hydrogens (tertiary/aromatic N) is 1. The molecule has 2 amide bonds. The van der Waals surface area contributed by atoms with Gasteiger partial charge in [-0.1, -0.05) is 60.5 Å². The minimum Gasteiger partial charge on any atom is -0.350 e. The van der Waals surface area contributed by atoms with Crippen molar-refractivity contribution in [1.29, 1.82) is 0 Å². The van der Waals surface area contributed by atoms with Crippen LogP contribution in [-0.2, 0) is 22.6 Å². The molecule has 2 rings (SSSR count). The van der Waals surface area contributed by atoms with Crippen LogP contribution in [0.15, 0.2) is 42.5 Å². The number of carbonyl (C=O) groups excluding carboxylic acids is 2. The average molecular weight is 449 g/mol. The summed E-state index contributed by atoms with van der Waals surface area (Å²) < 4.78 is 0. The molecule has 0 aliphatic carbocycles. The van der Waals surface area contributed by atoms with Gasteiger partial charge in [0.2, 0.25) is 11.8 Å². The molecule has 6 heteroatoms. The number of hydrogen-bond donors (Lipinski definition) is 1. The zero-order valence-electron chi connectivity index (χ0n) is 18.3. The lowest BCUT2D eigenvalue weighted by molar-refractivity contribution is -0.141. The molecule has 0 radical (unpaired) electrons. The van der Waals surface area contributed by atoms with Crippen molar-refractivity contribution in [2.75, 3.05) is 0 Å². The Morgan fingerprint density at radius 3 is 2.17 bits per heavy atom. The zero-order chi connectivity index (χ0) is 22.5. The van der Waals surface area contributed by atoms with Crippen LogP contribution in [0.5, 0.6) is 0 Å². The summed E-state index contributed by atoms with van der Waals surface area (Å²) in [5, 5.41) is 3.95. The molecule has 0 aliphatic heterocycles. The largest absolute Gasteiger partial charge is 0.350 e. The standard InChI is InChI=1S/C24H30Cl2N2O2/c1-6-21(23(30)27-24(3,4)5)28(15-18-19(25)12-9-13-20(18)26)22(29)14-17-11-8-7-10-16(17)2/h7-13,21H,6,14-15H2,1-5H3,(H,27,30). The quantitative estimate of drug-likeness (QED) is 0.601. The van der Waals surface area contributed by atoms with Gasteiger partial charge in [0.25, 0.3) is 0 Å². The van der Waals surface area contributed by atoms with E-state index in [0.29, 0.717) is 22.0 Å². The fraction of sp³-hybridized carbons (Fsp3) is 0.417. The number of nitrogens with one attached hydrogen (secondary N) is 1. The van der Waals surface area contributed by atoms with Crippen LogP contribution in [0.2, 0.25) is 10.0 Å². The first-order valence-corrected chi connectivity index (χ1v) is 10.9. The Balaban J connectivity index is 2.41. The van der Waals surface area contributed by atoms with Gasteiger partial charge < -0.3 is 10.2 Å². The van der Waals surface area contributed by atoms with Crippen molar-refractivity contribution in [3.8, 4) is 0 Å². The Labute approximate surface area is 189 Å². The molecule has 0 bridgehead atoms. The van der Waals surface area contributed by atoms with Gasteiger partial charge in [-0.2, -0.15) is 0 Å². The van der Waals surface area contributed by atoms with Crippen LogP contribution < -0.4 is 5.32 Å². The van der Waals surface area contributed by atoms with E-state index in [-0.39, 0.29) is 24.8 Å². The van der Waals surface area contributed by atoms with E-state index in [1.807, 2.05) is 58.9 Å². The van der Waals surface area contributed by atoms with Crippen molar-refractivity contribution in [2.24, 2.45) is 0 Å². The Kier molecular flexibility index (Phi) is 8.34. The van der Waals surface area contributed by atoms with Crippen LogP contribution in [0.1, 0.15) is 50.8 Å². The number of hydrogen-bond acceptors (Lipinski definition) is 2. The molecular weight excluding hydrogens is 419 g/mol. The molecule has 0 saturated carbocycles. The monoisotopic (exact) mass is 448 g/mol. The van der Waals surface area contributed by atoms with Gasteiger partial charge in [0, 0.05) is 27.7 Å². The second-order valence-electron chi connectivity index (χ2n) is 8.49. The normalized spacial score (nSPS) is 12.4. The third kappa shape index (κ3) is 6.48. The molecule has 0 aromatic heterocycles.